The number of hydrogen-bond donors (Lipinski definition) is 1. The van der Waals surface area contributed by atoms with Gasteiger partial charge < -0.3 is 4.74 Å². The molecule has 3 aromatic rings. The molecule has 0 aliphatic rings. The first kappa shape index (κ1) is 18.1. The average molecular weight is 391 g/mol. The highest BCUT2D eigenvalue weighted by Gasteiger charge is 2.22. The van der Waals surface area contributed by atoms with E-state index in [1.807, 2.05) is 0 Å². The van der Waals surface area contributed by atoms with Gasteiger partial charge in [-0.05, 0) is 35.9 Å². The van der Waals surface area contributed by atoms with Crippen LogP contribution in [0.1, 0.15) is 9.67 Å². The van der Waals surface area contributed by atoms with Crippen LogP contribution in [-0.2, 0) is 14.8 Å². The van der Waals surface area contributed by atoms with Crippen molar-refractivity contribution in [2.75, 3.05) is 11.8 Å². The summed E-state index contributed by atoms with van der Waals surface area (Å²) >= 11 is 1.06. The largest absolute Gasteiger partial charge is 0.465 e. The molecule has 3 rings (SSSR count). The van der Waals surface area contributed by atoms with Crippen molar-refractivity contribution in [3.05, 3.63) is 71.4 Å². The van der Waals surface area contributed by atoms with Gasteiger partial charge in [0.25, 0.3) is 10.0 Å². The zero-order valence-electron chi connectivity index (χ0n) is 13.6. The summed E-state index contributed by atoms with van der Waals surface area (Å²) in [6.07, 6.45) is 0. The second-order valence-corrected chi connectivity index (χ2v) is 8.01. The first-order chi connectivity index (χ1) is 12.4. The molecule has 0 amide bonds. The molecule has 2 aromatic carbocycles. The first-order valence-electron chi connectivity index (χ1n) is 7.46. The number of nitrogens with one attached hydrogen (secondary N) is 1. The third-order valence-corrected chi connectivity index (χ3v) is 6.08. The van der Waals surface area contributed by atoms with E-state index in [2.05, 4.69) is 4.72 Å². The molecule has 0 radical (unpaired) electrons. The van der Waals surface area contributed by atoms with Gasteiger partial charge in [0.05, 0.1) is 17.7 Å². The number of carbonyl (C=O) groups excluding carboxylic acids is 1. The number of rotatable bonds is 5. The van der Waals surface area contributed by atoms with Gasteiger partial charge in [0.1, 0.15) is 10.7 Å². The molecule has 0 atom stereocenters. The van der Waals surface area contributed by atoms with Crippen molar-refractivity contribution in [2.45, 2.75) is 4.90 Å². The van der Waals surface area contributed by atoms with Crippen LogP contribution in [0.15, 0.2) is 65.6 Å². The normalized spacial score (nSPS) is 11.2. The van der Waals surface area contributed by atoms with Crippen LogP contribution in [-0.4, -0.2) is 21.5 Å². The number of esters is 1. The zero-order valence-corrected chi connectivity index (χ0v) is 15.2. The van der Waals surface area contributed by atoms with Crippen molar-refractivity contribution >= 4 is 33.0 Å². The maximum atomic E-state index is 13.1. The van der Waals surface area contributed by atoms with Gasteiger partial charge in [0.15, 0.2) is 0 Å². The fraction of sp³-hybridized carbons (Fsp3) is 0.0556. The Balaban J connectivity index is 2.03. The summed E-state index contributed by atoms with van der Waals surface area (Å²) in [5.41, 5.74) is 0.775. The van der Waals surface area contributed by atoms with E-state index in [-0.39, 0.29) is 21.3 Å². The van der Waals surface area contributed by atoms with Gasteiger partial charge in [-0.2, -0.15) is 0 Å². The molecule has 0 unspecified atom stereocenters. The fourth-order valence-corrected chi connectivity index (χ4v) is 4.46. The molecule has 0 spiro atoms. The molecule has 0 saturated heterocycles. The molecule has 134 valence electrons. The van der Waals surface area contributed by atoms with Crippen LogP contribution in [0.4, 0.5) is 10.1 Å². The van der Waals surface area contributed by atoms with E-state index in [4.69, 9.17) is 4.74 Å². The molecule has 1 heterocycles. The topological polar surface area (TPSA) is 72.5 Å². The summed E-state index contributed by atoms with van der Waals surface area (Å²) in [6.45, 7) is 0. The molecular formula is C18H14FNO4S2. The molecule has 1 N–H and O–H groups in total. The highest BCUT2D eigenvalue weighted by Crippen LogP contribution is 2.36. The Bertz CT molecular complexity index is 1030. The zero-order chi connectivity index (χ0) is 18.7. The fourth-order valence-electron chi connectivity index (χ4n) is 2.27. The number of benzene rings is 2. The lowest BCUT2D eigenvalue weighted by Crippen LogP contribution is -2.14. The number of methoxy groups -OCH3 is 1. The van der Waals surface area contributed by atoms with Crippen molar-refractivity contribution in [3.63, 3.8) is 0 Å². The van der Waals surface area contributed by atoms with Crippen molar-refractivity contribution in [1.82, 2.24) is 0 Å². The monoisotopic (exact) mass is 391 g/mol. The van der Waals surface area contributed by atoms with Crippen molar-refractivity contribution < 1.29 is 22.3 Å². The van der Waals surface area contributed by atoms with Crippen LogP contribution in [0.3, 0.4) is 0 Å². The average Bonchev–Trinajstić information content (AvgIpc) is 3.05. The van der Waals surface area contributed by atoms with E-state index in [0.717, 1.165) is 11.3 Å². The molecule has 8 heteroatoms. The molecule has 26 heavy (non-hydrogen) atoms. The number of ether oxygens (including phenoxy) is 1. The van der Waals surface area contributed by atoms with Gasteiger partial charge in [0, 0.05) is 4.88 Å². The summed E-state index contributed by atoms with van der Waals surface area (Å²) in [7, 11) is -2.65. The van der Waals surface area contributed by atoms with Crippen LogP contribution in [0.5, 0.6) is 0 Å². The highest BCUT2D eigenvalue weighted by atomic mass is 32.2. The summed E-state index contributed by atoms with van der Waals surface area (Å²) in [4.78, 5) is 12.8. The van der Waals surface area contributed by atoms with Gasteiger partial charge in [0.2, 0.25) is 0 Å². The molecule has 5 nitrogen and oxygen atoms in total. The van der Waals surface area contributed by atoms with Gasteiger partial charge in [-0.25, -0.2) is 17.6 Å². The SMILES string of the molecule is COC(=O)c1sc(-c2ccc(F)cc2)cc1NS(=O)(=O)c1ccccc1. The Kier molecular flexibility index (Phi) is 5.06. The second kappa shape index (κ2) is 7.27. The maximum absolute atomic E-state index is 13.1. The lowest BCUT2D eigenvalue weighted by molar-refractivity contribution is 0.0607. The standard InChI is InChI=1S/C18H14FNO4S2/c1-24-18(21)17-15(20-26(22,23)14-5-3-2-4-6-14)11-16(25-17)12-7-9-13(19)10-8-12/h2-11,20H,1H3. The van der Waals surface area contributed by atoms with Crippen molar-refractivity contribution in [1.29, 1.82) is 0 Å². The molecule has 0 saturated carbocycles. The highest BCUT2D eigenvalue weighted by molar-refractivity contribution is 7.92. The molecular weight excluding hydrogens is 377 g/mol. The van der Waals surface area contributed by atoms with Crippen LogP contribution < -0.4 is 4.72 Å². The Morgan fingerprint density at radius 2 is 1.73 bits per heavy atom. The number of sulfonamides is 1. The predicted molar refractivity (Wildman–Crippen MR) is 98.3 cm³/mol. The van der Waals surface area contributed by atoms with E-state index >= 15 is 0 Å². The van der Waals surface area contributed by atoms with Crippen LogP contribution in [0.2, 0.25) is 0 Å². The van der Waals surface area contributed by atoms with Crippen molar-refractivity contribution in [3.8, 4) is 10.4 Å². The number of hydrogen-bond acceptors (Lipinski definition) is 5. The Morgan fingerprint density at radius 1 is 1.08 bits per heavy atom. The molecule has 1 aromatic heterocycles. The number of anilines is 1. The van der Waals surface area contributed by atoms with E-state index in [1.165, 1.54) is 37.4 Å². The van der Waals surface area contributed by atoms with E-state index in [9.17, 15) is 17.6 Å². The molecule has 0 aliphatic carbocycles. The predicted octanol–water partition coefficient (Wildman–Crippen LogP) is 4.14. The first-order valence-corrected chi connectivity index (χ1v) is 9.76. The summed E-state index contributed by atoms with van der Waals surface area (Å²) in [5.74, 6) is -1.04. The minimum atomic E-state index is -3.86. The van der Waals surface area contributed by atoms with E-state index in [1.54, 1.807) is 30.3 Å². The third kappa shape index (κ3) is 3.76. The van der Waals surface area contributed by atoms with Crippen LogP contribution >= 0.6 is 11.3 Å². The summed E-state index contributed by atoms with van der Waals surface area (Å²) in [6, 6.07) is 15.0. The lowest BCUT2D eigenvalue weighted by Gasteiger charge is -2.07. The Labute approximate surface area is 154 Å². The van der Waals surface area contributed by atoms with Crippen LogP contribution in [0.25, 0.3) is 10.4 Å². The van der Waals surface area contributed by atoms with Gasteiger partial charge in [-0.1, -0.05) is 30.3 Å². The number of halogens is 1. The van der Waals surface area contributed by atoms with Crippen LogP contribution in [0, 0.1) is 5.82 Å². The minimum Gasteiger partial charge on any atom is -0.465 e. The molecule has 0 fully saturated rings. The lowest BCUT2D eigenvalue weighted by atomic mass is 10.2. The third-order valence-electron chi connectivity index (χ3n) is 3.53. The number of thiophene rings is 1. The van der Waals surface area contributed by atoms with Crippen molar-refractivity contribution in [2.24, 2.45) is 0 Å². The van der Waals surface area contributed by atoms with Gasteiger partial charge >= 0.3 is 5.97 Å². The quantitative estimate of drug-likeness (QED) is 0.664. The maximum Gasteiger partial charge on any atom is 0.350 e. The Morgan fingerprint density at radius 3 is 2.35 bits per heavy atom. The summed E-state index contributed by atoms with van der Waals surface area (Å²) in [5, 5.41) is 0. The smallest absolute Gasteiger partial charge is 0.350 e. The van der Waals surface area contributed by atoms with E-state index in [0.29, 0.717) is 10.4 Å². The minimum absolute atomic E-state index is 0.0744. The second-order valence-electron chi connectivity index (χ2n) is 5.27. The molecule has 0 aliphatic heterocycles. The van der Waals surface area contributed by atoms with E-state index < -0.39 is 16.0 Å². The molecule has 0 bridgehead atoms. The Hall–Kier alpha value is -2.71. The van der Waals surface area contributed by atoms with Gasteiger partial charge in [-0.3, -0.25) is 4.72 Å². The summed E-state index contributed by atoms with van der Waals surface area (Å²) < 4.78 is 45.4. The van der Waals surface area contributed by atoms with Gasteiger partial charge in [-0.15, -0.1) is 11.3 Å². The number of carbonyl (C=O) groups is 1.